The first-order valence-corrected chi connectivity index (χ1v) is 7.30. The Kier molecular flexibility index (Phi) is 4.65. The molecule has 0 unspecified atom stereocenters. The summed E-state index contributed by atoms with van der Waals surface area (Å²) >= 11 is 0. The molecule has 1 aliphatic rings. The van der Waals surface area contributed by atoms with Crippen LogP contribution in [0.3, 0.4) is 0 Å². The molecule has 110 valence electrons. The van der Waals surface area contributed by atoms with Crippen molar-refractivity contribution in [2.24, 2.45) is 5.73 Å². The standard InChI is InChI=1S/C16H24N2O2/c1-12-5-6-13(11-14(12)20-10-4-9-17)15(19)18-16(2)7-3-8-16/h5-6,11H,3-4,7-10,17H2,1-2H3,(H,18,19). The summed E-state index contributed by atoms with van der Waals surface area (Å²) in [6.07, 6.45) is 4.13. The summed E-state index contributed by atoms with van der Waals surface area (Å²) in [6.45, 7) is 5.27. The Morgan fingerprint density at radius 2 is 2.20 bits per heavy atom. The highest BCUT2D eigenvalue weighted by atomic mass is 16.5. The number of nitrogens with one attached hydrogen (secondary N) is 1. The average Bonchev–Trinajstić information content (AvgIpc) is 2.39. The first-order valence-electron chi connectivity index (χ1n) is 7.30. The molecule has 1 fully saturated rings. The maximum Gasteiger partial charge on any atom is 0.251 e. The molecule has 0 atom stereocenters. The van der Waals surface area contributed by atoms with E-state index in [4.69, 9.17) is 10.5 Å². The topological polar surface area (TPSA) is 64.3 Å². The molecule has 0 radical (unpaired) electrons. The molecule has 0 bridgehead atoms. The lowest BCUT2D eigenvalue weighted by molar-refractivity contribution is 0.0850. The van der Waals surface area contributed by atoms with Gasteiger partial charge in [0.15, 0.2) is 0 Å². The summed E-state index contributed by atoms with van der Waals surface area (Å²) in [5, 5.41) is 3.11. The second-order valence-corrected chi connectivity index (χ2v) is 5.84. The van der Waals surface area contributed by atoms with Crippen LogP contribution in [0.2, 0.25) is 0 Å². The van der Waals surface area contributed by atoms with Crippen LogP contribution in [0.25, 0.3) is 0 Å². The molecule has 0 aliphatic heterocycles. The van der Waals surface area contributed by atoms with Gasteiger partial charge >= 0.3 is 0 Å². The number of carbonyl (C=O) groups is 1. The predicted octanol–water partition coefficient (Wildman–Crippen LogP) is 2.40. The monoisotopic (exact) mass is 276 g/mol. The van der Waals surface area contributed by atoms with E-state index in [-0.39, 0.29) is 11.4 Å². The van der Waals surface area contributed by atoms with Crippen molar-refractivity contribution < 1.29 is 9.53 Å². The van der Waals surface area contributed by atoms with Crippen LogP contribution < -0.4 is 15.8 Å². The van der Waals surface area contributed by atoms with Crippen molar-refractivity contribution in [3.8, 4) is 5.75 Å². The number of carbonyl (C=O) groups excluding carboxylic acids is 1. The maximum absolute atomic E-state index is 12.3. The fraction of sp³-hybridized carbons (Fsp3) is 0.562. The van der Waals surface area contributed by atoms with E-state index in [0.717, 1.165) is 30.6 Å². The summed E-state index contributed by atoms with van der Waals surface area (Å²) in [6, 6.07) is 5.60. The maximum atomic E-state index is 12.3. The van der Waals surface area contributed by atoms with Gasteiger partial charge in [-0.3, -0.25) is 4.79 Å². The minimum Gasteiger partial charge on any atom is -0.493 e. The summed E-state index contributed by atoms with van der Waals surface area (Å²) in [5.74, 6) is 0.751. The van der Waals surface area contributed by atoms with Gasteiger partial charge in [0.1, 0.15) is 5.75 Å². The Hall–Kier alpha value is -1.55. The molecule has 1 aromatic rings. The van der Waals surface area contributed by atoms with Gasteiger partial charge in [-0.15, -0.1) is 0 Å². The number of hydrogen-bond donors (Lipinski definition) is 2. The second-order valence-electron chi connectivity index (χ2n) is 5.84. The highest BCUT2D eigenvalue weighted by molar-refractivity contribution is 5.95. The minimum atomic E-state index is -0.0253. The summed E-state index contributed by atoms with van der Waals surface area (Å²) in [5.41, 5.74) is 7.12. The molecular formula is C16H24N2O2. The quantitative estimate of drug-likeness (QED) is 0.784. The molecule has 0 heterocycles. The number of benzene rings is 1. The molecule has 1 saturated carbocycles. The predicted molar refractivity (Wildman–Crippen MR) is 80.1 cm³/mol. The highest BCUT2D eigenvalue weighted by Gasteiger charge is 2.33. The smallest absolute Gasteiger partial charge is 0.251 e. The number of hydrogen-bond acceptors (Lipinski definition) is 3. The van der Waals surface area contributed by atoms with E-state index in [1.807, 2.05) is 25.1 Å². The number of ether oxygens (including phenoxy) is 1. The zero-order valence-corrected chi connectivity index (χ0v) is 12.4. The van der Waals surface area contributed by atoms with Crippen molar-refractivity contribution in [1.29, 1.82) is 0 Å². The molecule has 1 aliphatic carbocycles. The molecule has 2 rings (SSSR count). The summed E-state index contributed by atoms with van der Waals surface area (Å²) in [7, 11) is 0. The average molecular weight is 276 g/mol. The Bertz CT molecular complexity index is 481. The van der Waals surface area contributed by atoms with Gasteiger partial charge in [0, 0.05) is 11.1 Å². The Morgan fingerprint density at radius 1 is 1.45 bits per heavy atom. The lowest BCUT2D eigenvalue weighted by Crippen LogP contribution is -2.50. The van der Waals surface area contributed by atoms with Gasteiger partial charge in [-0.2, -0.15) is 0 Å². The molecule has 3 N–H and O–H groups in total. The van der Waals surface area contributed by atoms with Crippen molar-refractivity contribution in [3.63, 3.8) is 0 Å². The van der Waals surface area contributed by atoms with E-state index in [2.05, 4.69) is 12.2 Å². The van der Waals surface area contributed by atoms with Gasteiger partial charge < -0.3 is 15.8 Å². The molecule has 20 heavy (non-hydrogen) atoms. The number of nitrogens with two attached hydrogens (primary N) is 1. The van der Waals surface area contributed by atoms with Gasteiger partial charge in [-0.1, -0.05) is 6.07 Å². The van der Waals surface area contributed by atoms with Crippen LogP contribution in [0.15, 0.2) is 18.2 Å². The first-order chi connectivity index (χ1) is 9.54. The lowest BCUT2D eigenvalue weighted by atomic mass is 9.78. The Morgan fingerprint density at radius 3 is 2.80 bits per heavy atom. The molecule has 1 aromatic carbocycles. The fourth-order valence-corrected chi connectivity index (χ4v) is 2.34. The summed E-state index contributed by atoms with van der Waals surface area (Å²) in [4.78, 5) is 12.3. The van der Waals surface area contributed by atoms with E-state index >= 15 is 0 Å². The first kappa shape index (κ1) is 14.9. The fourth-order valence-electron chi connectivity index (χ4n) is 2.34. The van der Waals surface area contributed by atoms with Gasteiger partial charge in [-0.25, -0.2) is 0 Å². The van der Waals surface area contributed by atoms with E-state index in [1.54, 1.807) is 0 Å². The van der Waals surface area contributed by atoms with Crippen LogP contribution in [-0.2, 0) is 0 Å². The van der Waals surface area contributed by atoms with Crippen LogP contribution in [0, 0.1) is 6.92 Å². The Labute approximate surface area is 120 Å². The van der Waals surface area contributed by atoms with E-state index < -0.39 is 0 Å². The zero-order valence-electron chi connectivity index (χ0n) is 12.4. The SMILES string of the molecule is Cc1ccc(C(=O)NC2(C)CCC2)cc1OCCCN. The van der Waals surface area contributed by atoms with Crippen LogP contribution in [-0.4, -0.2) is 24.6 Å². The van der Waals surface area contributed by atoms with Crippen LogP contribution >= 0.6 is 0 Å². The zero-order chi connectivity index (χ0) is 14.6. The van der Waals surface area contributed by atoms with Crippen LogP contribution in [0.4, 0.5) is 0 Å². The number of aryl methyl sites for hydroxylation is 1. The molecule has 0 spiro atoms. The lowest BCUT2D eigenvalue weighted by Gasteiger charge is -2.39. The number of rotatable bonds is 6. The van der Waals surface area contributed by atoms with Crippen molar-refractivity contribution in [3.05, 3.63) is 29.3 Å². The molecule has 4 nitrogen and oxygen atoms in total. The number of amides is 1. The van der Waals surface area contributed by atoms with E-state index in [1.165, 1.54) is 6.42 Å². The van der Waals surface area contributed by atoms with Crippen LogP contribution in [0.5, 0.6) is 5.75 Å². The molecule has 1 amide bonds. The van der Waals surface area contributed by atoms with E-state index in [0.29, 0.717) is 18.7 Å². The van der Waals surface area contributed by atoms with Crippen molar-refractivity contribution in [2.45, 2.75) is 45.1 Å². The second kappa shape index (κ2) is 6.27. The van der Waals surface area contributed by atoms with Crippen molar-refractivity contribution in [1.82, 2.24) is 5.32 Å². The molecule has 0 aromatic heterocycles. The highest BCUT2D eigenvalue weighted by Crippen LogP contribution is 2.31. The molecule has 4 heteroatoms. The van der Waals surface area contributed by atoms with Gasteiger partial charge in [0.05, 0.1) is 6.61 Å². The van der Waals surface area contributed by atoms with Gasteiger partial charge in [-0.05, 0) is 63.8 Å². The third-order valence-corrected chi connectivity index (χ3v) is 3.93. The van der Waals surface area contributed by atoms with Crippen molar-refractivity contribution >= 4 is 5.91 Å². The minimum absolute atomic E-state index is 0.0177. The van der Waals surface area contributed by atoms with Gasteiger partial charge in [0.25, 0.3) is 5.91 Å². The molecular weight excluding hydrogens is 252 g/mol. The Balaban J connectivity index is 2.03. The van der Waals surface area contributed by atoms with E-state index in [9.17, 15) is 4.79 Å². The third kappa shape index (κ3) is 3.51. The normalized spacial score (nSPS) is 16.4. The largest absolute Gasteiger partial charge is 0.493 e. The van der Waals surface area contributed by atoms with Gasteiger partial charge in [0.2, 0.25) is 0 Å². The van der Waals surface area contributed by atoms with Crippen molar-refractivity contribution in [2.75, 3.05) is 13.2 Å². The summed E-state index contributed by atoms with van der Waals surface area (Å²) < 4.78 is 5.68. The van der Waals surface area contributed by atoms with Crippen LogP contribution in [0.1, 0.15) is 48.5 Å². The third-order valence-electron chi connectivity index (χ3n) is 3.93. The molecule has 0 saturated heterocycles.